The lowest BCUT2D eigenvalue weighted by atomic mass is 9.98. The molecule has 0 saturated heterocycles. The SMILES string of the molecule is CCOc1nc2cccc(C(=O)O)c2n1Cc1ccc(-c2ccccc2-c2nnn(COC(=O)Oc3cccc(CO[N+](=O)[O-])c3)n2)cc1. The van der Waals surface area contributed by atoms with Gasteiger partial charge in [0.25, 0.3) is 11.1 Å². The van der Waals surface area contributed by atoms with E-state index >= 15 is 0 Å². The molecule has 1 N–H and O–H groups in total. The molecular formula is C33H27N7O9. The Balaban J connectivity index is 1.15. The maximum Gasteiger partial charge on any atom is 0.515 e. The van der Waals surface area contributed by atoms with Gasteiger partial charge in [0, 0.05) is 5.56 Å². The van der Waals surface area contributed by atoms with Gasteiger partial charge in [0.1, 0.15) is 12.4 Å². The molecule has 49 heavy (non-hydrogen) atoms. The van der Waals surface area contributed by atoms with Crippen LogP contribution in [0.2, 0.25) is 0 Å². The Morgan fingerprint density at radius 3 is 2.47 bits per heavy atom. The Morgan fingerprint density at radius 1 is 0.939 bits per heavy atom. The molecular weight excluding hydrogens is 638 g/mol. The predicted molar refractivity (Wildman–Crippen MR) is 171 cm³/mol. The summed E-state index contributed by atoms with van der Waals surface area (Å²) in [5, 5.41) is 31.8. The zero-order chi connectivity index (χ0) is 34.3. The van der Waals surface area contributed by atoms with Crippen molar-refractivity contribution in [2.75, 3.05) is 6.61 Å². The fraction of sp³-hybridized carbons (Fsp3) is 0.152. The Hall–Kier alpha value is -6.84. The average Bonchev–Trinajstić information content (AvgIpc) is 3.72. The number of ether oxygens (including phenoxy) is 3. The molecule has 0 radical (unpaired) electrons. The number of para-hydroxylation sites is 1. The van der Waals surface area contributed by atoms with Gasteiger partial charge in [-0.25, -0.2) is 9.59 Å². The molecule has 0 bridgehead atoms. The van der Waals surface area contributed by atoms with E-state index in [1.807, 2.05) is 55.5 Å². The number of carbonyl (C=O) groups excluding carboxylic acids is 1. The van der Waals surface area contributed by atoms with Gasteiger partial charge in [-0.2, -0.15) is 4.98 Å². The minimum atomic E-state index is -1.05. The topological polar surface area (TPSA) is 196 Å². The molecule has 0 saturated carbocycles. The fourth-order valence-electron chi connectivity index (χ4n) is 5.09. The monoisotopic (exact) mass is 665 g/mol. The zero-order valence-corrected chi connectivity index (χ0v) is 25.8. The highest BCUT2D eigenvalue weighted by atomic mass is 16.9. The first-order valence-corrected chi connectivity index (χ1v) is 14.8. The summed E-state index contributed by atoms with van der Waals surface area (Å²) in [4.78, 5) is 44.6. The van der Waals surface area contributed by atoms with Crippen molar-refractivity contribution in [3.05, 3.63) is 118 Å². The summed E-state index contributed by atoms with van der Waals surface area (Å²) < 4.78 is 17.8. The first kappa shape index (κ1) is 32.1. The third-order valence-electron chi connectivity index (χ3n) is 7.20. The van der Waals surface area contributed by atoms with E-state index in [4.69, 9.17) is 14.2 Å². The van der Waals surface area contributed by atoms with Crippen LogP contribution < -0.4 is 9.47 Å². The number of nitrogens with zero attached hydrogens (tertiary/aromatic N) is 7. The molecule has 0 aliphatic rings. The molecule has 2 aromatic heterocycles. The number of imidazole rings is 1. The van der Waals surface area contributed by atoms with Crippen LogP contribution in [0.25, 0.3) is 33.5 Å². The van der Waals surface area contributed by atoms with Crippen LogP contribution in [0.4, 0.5) is 4.79 Å². The van der Waals surface area contributed by atoms with Crippen molar-refractivity contribution < 1.29 is 38.8 Å². The third kappa shape index (κ3) is 7.43. The maximum atomic E-state index is 12.3. The molecule has 0 aliphatic carbocycles. The number of tetrazole rings is 1. The Labute approximate surface area is 277 Å². The lowest BCUT2D eigenvalue weighted by Crippen LogP contribution is -2.15. The molecule has 4 aromatic carbocycles. The number of fused-ring (bicyclic) bond motifs is 1. The minimum Gasteiger partial charge on any atom is -0.478 e. The molecule has 0 aliphatic heterocycles. The molecule has 6 aromatic rings. The Morgan fingerprint density at radius 2 is 1.71 bits per heavy atom. The average molecular weight is 666 g/mol. The number of carboxylic acids is 1. The molecule has 16 nitrogen and oxygen atoms in total. The lowest BCUT2D eigenvalue weighted by molar-refractivity contribution is -0.763. The van der Waals surface area contributed by atoms with E-state index in [0.29, 0.717) is 47.1 Å². The highest BCUT2D eigenvalue weighted by Gasteiger charge is 2.19. The summed E-state index contributed by atoms with van der Waals surface area (Å²) in [6.07, 6.45) is -1.04. The molecule has 0 unspecified atom stereocenters. The van der Waals surface area contributed by atoms with Crippen molar-refractivity contribution in [2.24, 2.45) is 0 Å². The van der Waals surface area contributed by atoms with E-state index in [1.54, 1.807) is 34.9 Å². The van der Waals surface area contributed by atoms with Gasteiger partial charge < -0.3 is 24.2 Å². The van der Waals surface area contributed by atoms with Crippen LogP contribution in [0.5, 0.6) is 11.8 Å². The number of hydrogen-bond donors (Lipinski definition) is 1. The van der Waals surface area contributed by atoms with Gasteiger partial charge >= 0.3 is 12.1 Å². The summed E-state index contributed by atoms with van der Waals surface area (Å²) in [5.41, 5.74) is 4.85. The molecule has 0 fully saturated rings. The standard InChI is InChI=1S/C33H27N7O9/c1-2-46-32-34-28-12-6-11-27(31(41)42)29(28)38(32)18-21-13-15-23(16-14-21)25-9-3-4-10-26(25)30-35-37-39(36-30)20-47-33(43)49-24-8-5-7-22(17-24)19-48-40(44)45/h3-17H,2,18-20H2,1H3,(H,41,42). The summed E-state index contributed by atoms with van der Waals surface area (Å²) in [6, 6.07) is 26.5. The van der Waals surface area contributed by atoms with Crippen LogP contribution in [0.3, 0.4) is 0 Å². The first-order chi connectivity index (χ1) is 23.8. The van der Waals surface area contributed by atoms with Crippen molar-refractivity contribution in [1.29, 1.82) is 0 Å². The van der Waals surface area contributed by atoms with E-state index in [-0.39, 0.29) is 24.7 Å². The van der Waals surface area contributed by atoms with E-state index in [1.165, 1.54) is 12.1 Å². The predicted octanol–water partition coefficient (Wildman–Crippen LogP) is 5.38. The quantitative estimate of drug-likeness (QED) is 0.0715. The van der Waals surface area contributed by atoms with Crippen molar-refractivity contribution in [1.82, 2.24) is 29.8 Å². The Kier molecular flexibility index (Phi) is 9.37. The fourth-order valence-corrected chi connectivity index (χ4v) is 5.09. The maximum absolute atomic E-state index is 12.3. The minimum absolute atomic E-state index is 0.111. The van der Waals surface area contributed by atoms with Gasteiger partial charge in [0.05, 0.1) is 29.7 Å². The zero-order valence-electron chi connectivity index (χ0n) is 25.8. The number of aromatic nitrogens is 6. The molecule has 0 atom stereocenters. The smallest absolute Gasteiger partial charge is 0.478 e. The van der Waals surface area contributed by atoms with Crippen molar-refractivity contribution in [3.8, 4) is 34.3 Å². The van der Waals surface area contributed by atoms with Gasteiger partial charge in [0.15, 0.2) is 0 Å². The molecule has 16 heteroatoms. The first-order valence-electron chi connectivity index (χ1n) is 14.8. The van der Waals surface area contributed by atoms with Crippen LogP contribution >= 0.6 is 0 Å². The lowest BCUT2D eigenvalue weighted by Gasteiger charge is -2.12. The van der Waals surface area contributed by atoms with Gasteiger partial charge in [-0.05, 0) is 58.7 Å². The second-order valence-electron chi connectivity index (χ2n) is 10.4. The number of carbonyl (C=O) groups is 2. The highest BCUT2D eigenvalue weighted by molar-refractivity contribution is 6.01. The number of aromatic carboxylic acids is 1. The Bertz CT molecular complexity index is 2140. The summed E-state index contributed by atoms with van der Waals surface area (Å²) in [5.74, 6) is -0.647. The van der Waals surface area contributed by atoms with Gasteiger partial charge in [-0.3, -0.25) is 4.57 Å². The third-order valence-corrected chi connectivity index (χ3v) is 7.20. The second kappa shape index (κ2) is 14.3. The van der Waals surface area contributed by atoms with Crippen LogP contribution in [-0.2, 0) is 29.5 Å². The van der Waals surface area contributed by atoms with Crippen LogP contribution in [0, 0.1) is 10.1 Å². The van der Waals surface area contributed by atoms with Gasteiger partial charge in [-0.15, -0.1) is 25.1 Å². The summed E-state index contributed by atoms with van der Waals surface area (Å²) >= 11 is 0. The largest absolute Gasteiger partial charge is 0.515 e. The van der Waals surface area contributed by atoms with E-state index in [2.05, 4.69) is 25.2 Å². The van der Waals surface area contributed by atoms with Crippen molar-refractivity contribution in [2.45, 2.75) is 26.8 Å². The van der Waals surface area contributed by atoms with Gasteiger partial charge in [-0.1, -0.05) is 66.7 Å². The van der Waals surface area contributed by atoms with Gasteiger partial charge in [0.2, 0.25) is 12.6 Å². The molecule has 248 valence electrons. The van der Waals surface area contributed by atoms with E-state index < -0.39 is 17.2 Å². The van der Waals surface area contributed by atoms with Crippen LogP contribution in [-0.4, -0.2) is 58.7 Å². The molecule has 6 rings (SSSR count). The summed E-state index contributed by atoms with van der Waals surface area (Å²) in [6.45, 7) is 1.86. The van der Waals surface area contributed by atoms with Crippen molar-refractivity contribution in [3.63, 3.8) is 0 Å². The number of benzene rings is 4. The number of hydrogen-bond acceptors (Lipinski definition) is 12. The van der Waals surface area contributed by atoms with E-state index in [0.717, 1.165) is 21.5 Å². The number of rotatable bonds is 13. The van der Waals surface area contributed by atoms with Crippen LogP contribution in [0.15, 0.2) is 91.0 Å². The highest BCUT2D eigenvalue weighted by Crippen LogP contribution is 2.31. The van der Waals surface area contributed by atoms with Crippen LogP contribution in [0.1, 0.15) is 28.4 Å². The van der Waals surface area contributed by atoms with E-state index in [9.17, 15) is 24.8 Å². The molecule has 2 heterocycles. The van der Waals surface area contributed by atoms with Crippen molar-refractivity contribution >= 4 is 23.2 Å². The second-order valence-corrected chi connectivity index (χ2v) is 10.4. The summed E-state index contributed by atoms with van der Waals surface area (Å²) in [7, 11) is 0. The molecule has 0 amide bonds. The number of carboxylic acid groups (broad SMARTS) is 1. The normalized spacial score (nSPS) is 10.9. The molecule has 0 spiro atoms.